The summed E-state index contributed by atoms with van der Waals surface area (Å²) in [6.45, 7) is 13.8. The second kappa shape index (κ2) is 16.2. The molecule has 0 spiro atoms. The highest BCUT2D eigenvalue weighted by atomic mass is 32.1. The zero-order valence-corrected chi connectivity index (χ0v) is 33.8. The van der Waals surface area contributed by atoms with E-state index < -0.39 is 0 Å². The molecule has 0 aliphatic rings. The number of allylic oxidation sites excluding steroid dienone is 5. The first-order chi connectivity index (χ1) is 28.2. The molecule has 0 amide bonds. The van der Waals surface area contributed by atoms with Crippen LogP contribution in [0.2, 0.25) is 0 Å². The van der Waals surface area contributed by atoms with E-state index in [4.69, 9.17) is 15.0 Å². The Morgan fingerprint density at radius 2 is 1.19 bits per heavy atom. The molecule has 278 valence electrons. The average molecular weight is 757 g/mol. The van der Waals surface area contributed by atoms with Crippen molar-refractivity contribution in [3.05, 3.63) is 176 Å². The molecular formula is C52H44N4S. The Bertz CT molecular complexity index is 3130. The molecule has 0 saturated carbocycles. The first-order valence-corrected chi connectivity index (χ1v) is 20.6. The predicted molar refractivity (Wildman–Crippen MR) is 249 cm³/mol. The van der Waals surface area contributed by atoms with Crippen molar-refractivity contribution < 1.29 is 0 Å². The van der Waals surface area contributed by atoms with Gasteiger partial charge in [0.1, 0.15) is 0 Å². The van der Waals surface area contributed by atoms with E-state index >= 15 is 0 Å². The fraction of sp³-hybridized carbons (Fsp3) is 0.0962. The van der Waals surface area contributed by atoms with Crippen molar-refractivity contribution in [3.63, 3.8) is 0 Å². The molecule has 4 nitrogen and oxygen atoms in total. The van der Waals surface area contributed by atoms with Gasteiger partial charge >= 0.3 is 0 Å². The summed E-state index contributed by atoms with van der Waals surface area (Å²) in [6.07, 6.45) is 7.66. The summed E-state index contributed by atoms with van der Waals surface area (Å²) in [5, 5.41) is 10.2. The van der Waals surface area contributed by atoms with Gasteiger partial charge < -0.3 is 4.57 Å². The van der Waals surface area contributed by atoms with Crippen molar-refractivity contribution in [2.75, 3.05) is 0 Å². The maximum absolute atomic E-state index is 5.00. The summed E-state index contributed by atoms with van der Waals surface area (Å²) in [5.41, 5.74) is 6.23. The third kappa shape index (κ3) is 6.40. The lowest BCUT2D eigenvalue weighted by Gasteiger charge is -2.12. The molecule has 0 N–H and O–H groups in total. The highest BCUT2D eigenvalue weighted by molar-refractivity contribution is 7.27. The standard InChI is InChI=1S/C48H32N4S.2C2H6/c1-3-5-15-30(4-2)46-49-47(32-17-7-6-8-18-32)51-48(50-46)33-24-27-34(28-25-33)52-39-29-26-31-16-9-10-19-35(31)41(39)43-42-38-22-13-14-23-40(38)53-45(42)37-21-12-11-20-36(37)44(43)52;2*1-2/h3-29H,1H2,2H3;2*1-2H3/b15-5-,30-4+;;. The molecule has 0 bridgehead atoms. The third-order valence-electron chi connectivity index (χ3n) is 10.2. The van der Waals surface area contributed by atoms with Crippen LogP contribution >= 0.6 is 11.3 Å². The zero-order chi connectivity index (χ0) is 39.5. The summed E-state index contributed by atoms with van der Waals surface area (Å²) < 4.78 is 5.10. The van der Waals surface area contributed by atoms with E-state index in [-0.39, 0.29) is 0 Å². The summed E-state index contributed by atoms with van der Waals surface area (Å²) in [5.74, 6) is 1.87. The summed E-state index contributed by atoms with van der Waals surface area (Å²) in [7, 11) is 0. The quantitative estimate of drug-likeness (QED) is 0.159. The van der Waals surface area contributed by atoms with Crippen LogP contribution < -0.4 is 0 Å². The maximum atomic E-state index is 5.00. The molecule has 5 heteroatoms. The number of nitrogens with zero attached hydrogens (tertiary/aromatic N) is 4. The van der Waals surface area contributed by atoms with Crippen LogP contribution in [0.1, 0.15) is 40.4 Å². The van der Waals surface area contributed by atoms with Crippen LogP contribution in [0.3, 0.4) is 0 Å². The monoisotopic (exact) mass is 756 g/mol. The van der Waals surface area contributed by atoms with Gasteiger partial charge in [-0.1, -0.05) is 162 Å². The molecule has 3 aromatic heterocycles. The maximum Gasteiger partial charge on any atom is 0.164 e. The molecule has 3 heterocycles. The fourth-order valence-electron chi connectivity index (χ4n) is 7.78. The minimum atomic E-state index is 0.617. The Labute approximate surface area is 337 Å². The first kappa shape index (κ1) is 37.2. The van der Waals surface area contributed by atoms with Crippen LogP contribution in [0.4, 0.5) is 0 Å². The van der Waals surface area contributed by atoms with Crippen LogP contribution in [-0.4, -0.2) is 19.5 Å². The number of thiophene rings is 1. The largest absolute Gasteiger partial charge is 0.309 e. The second-order valence-electron chi connectivity index (χ2n) is 13.1. The fourth-order valence-corrected chi connectivity index (χ4v) is 9.03. The number of rotatable bonds is 6. The van der Waals surface area contributed by atoms with Gasteiger partial charge in [0.05, 0.1) is 11.0 Å². The van der Waals surface area contributed by atoms with Crippen molar-refractivity contribution in [3.8, 4) is 28.5 Å². The van der Waals surface area contributed by atoms with Gasteiger partial charge in [0, 0.05) is 64.1 Å². The van der Waals surface area contributed by atoms with Gasteiger partial charge in [-0.05, 0) is 54.1 Å². The predicted octanol–water partition coefficient (Wildman–Crippen LogP) is 15.2. The average Bonchev–Trinajstić information content (AvgIpc) is 3.85. The normalized spacial score (nSPS) is 11.7. The Balaban J connectivity index is 0.00000110. The van der Waals surface area contributed by atoms with Crippen LogP contribution in [0, 0.1) is 0 Å². The first-order valence-electron chi connectivity index (χ1n) is 19.8. The molecule has 0 saturated heterocycles. The molecule has 0 radical (unpaired) electrons. The molecule has 0 aliphatic heterocycles. The van der Waals surface area contributed by atoms with E-state index in [1.54, 1.807) is 6.08 Å². The van der Waals surface area contributed by atoms with E-state index in [0.717, 1.165) is 22.4 Å². The van der Waals surface area contributed by atoms with E-state index in [0.29, 0.717) is 17.5 Å². The van der Waals surface area contributed by atoms with Crippen molar-refractivity contribution in [2.24, 2.45) is 0 Å². The van der Waals surface area contributed by atoms with Crippen molar-refractivity contribution in [1.29, 1.82) is 0 Å². The van der Waals surface area contributed by atoms with Crippen LogP contribution in [0.15, 0.2) is 170 Å². The summed E-state index contributed by atoms with van der Waals surface area (Å²) in [6, 6.07) is 49.8. The lowest BCUT2D eigenvalue weighted by Crippen LogP contribution is -2.02. The van der Waals surface area contributed by atoms with Gasteiger partial charge in [-0.25, -0.2) is 15.0 Å². The van der Waals surface area contributed by atoms with Crippen LogP contribution in [-0.2, 0) is 0 Å². The number of fused-ring (bicyclic) bond motifs is 12. The Kier molecular flexibility index (Phi) is 10.6. The molecular weight excluding hydrogens is 713 g/mol. The molecule has 7 aromatic carbocycles. The molecule has 0 unspecified atom stereocenters. The minimum Gasteiger partial charge on any atom is -0.309 e. The SMILES string of the molecule is C=C/C=C\C(=C/C)c1nc(-c2ccccc2)nc(-c2ccc(-n3c4ccc5ccccc5c4c4c5c6ccccc6sc5c5ccccc5c43)cc2)n1.CC.CC. The van der Waals surface area contributed by atoms with Crippen molar-refractivity contribution in [1.82, 2.24) is 19.5 Å². The van der Waals surface area contributed by atoms with E-state index in [1.807, 2.05) is 94.5 Å². The number of hydrogen-bond donors (Lipinski definition) is 0. The molecule has 10 rings (SSSR count). The van der Waals surface area contributed by atoms with Gasteiger partial charge in [-0.3, -0.25) is 0 Å². The van der Waals surface area contributed by atoms with Gasteiger partial charge in [-0.15, -0.1) is 11.3 Å². The van der Waals surface area contributed by atoms with Gasteiger partial charge in [0.2, 0.25) is 0 Å². The summed E-state index contributed by atoms with van der Waals surface area (Å²) in [4.78, 5) is 14.9. The smallest absolute Gasteiger partial charge is 0.164 e. The topological polar surface area (TPSA) is 43.6 Å². The van der Waals surface area contributed by atoms with Gasteiger partial charge in [-0.2, -0.15) is 0 Å². The highest BCUT2D eigenvalue weighted by Gasteiger charge is 2.23. The molecule has 0 fully saturated rings. The molecule has 0 aliphatic carbocycles. The van der Waals surface area contributed by atoms with E-state index in [1.165, 1.54) is 63.5 Å². The van der Waals surface area contributed by atoms with E-state index in [2.05, 4.69) is 120 Å². The number of benzene rings is 7. The van der Waals surface area contributed by atoms with E-state index in [9.17, 15) is 0 Å². The second-order valence-corrected chi connectivity index (χ2v) is 14.2. The van der Waals surface area contributed by atoms with Crippen molar-refractivity contribution in [2.45, 2.75) is 34.6 Å². The Morgan fingerprint density at radius 3 is 1.89 bits per heavy atom. The van der Waals surface area contributed by atoms with Gasteiger partial charge in [0.15, 0.2) is 17.5 Å². The van der Waals surface area contributed by atoms with Crippen molar-refractivity contribution >= 4 is 80.4 Å². The van der Waals surface area contributed by atoms with Crippen LogP contribution in [0.25, 0.3) is 97.6 Å². The van der Waals surface area contributed by atoms with Gasteiger partial charge in [0.25, 0.3) is 0 Å². The third-order valence-corrected chi connectivity index (χ3v) is 11.4. The number of aromatic nitrogens is 4. The Morgan fingerprint density at radius 1 is 0.579 bits per heavy atom. The van der Waals surface area contributed by atoms with Crippen LogP contribution in [0.5, 0.6) is 0 Å². The molecule has 0 atom stereocenters. The summed E-state index contributed by atoms with van der Waals surface area (Å²) >= 11 is 1.89. The molecule has 57 heavy (non-hydrogen) atoms. The lowest BCUT2D eigenvalue weighted by atomic mass is 9.97. The number of hydrogen-bond acceptors (Lipinski definition) is 4. The highest BCUT2D eigenvalue weighted by Crippen LogP contribution is 2.49. The minimum absolute atomic E-state index is 0.617. The zero-order valence-electron chi connectivity index (χ0n) is 33.0. The lowest BCUT2D eigenvalue weighted by molar-refractivity contribution is 1.04. The molecule has 10 aromatic rings. The Hall–Kier alpha value is -6.69.